The van der Waals surface area contributed by atoms with Crippen molar-refractivity contribution < 1.29 is 9.59 Å². The summed E-state index contributed by atoms with van der Waals surface area (Å²) in [5.74, 6) is -0.425. The zero-order valence-corrected chi connectivity index (χ0v) is 11.9. The summed E-state index contributed by atoms with van der Waals surface area (Å²) >= 11 is 5.75. The molecule has 0 spiro atoms. The molecule has 2 rings (SSSR count). The Kier molecular flexibility index (Phi) is 5.29. The van der Waals surface area contributed by atoms with E-state index in [1.54, 1.807) is 42.6 Å². The van der Waals surface area contributed by atoms with Crippen molar-refractivity contribution in [2.45, 2.75) is 0 Å². The Labute approximate surface area is 127 Å². The summed E-state index contributed by atoms with van der Waals surface area (Å²) in [6.45, 7) is 0.681. The molecule has 0 radical (unpaired) electrons. The summed E-state index contributed by atoms with van der Waals surface area (Å²) in [5, 5.41) is 5.99. The van der Waals surface area contributed by atoms with Crippen LogP contribution in [0.5, 0.6) is 0 Å². The van der Waals surface area contributed by atoms with Gasteiger partial charge in [-0.1, -0.05) is 11.6 Å². The van der Waals surface area contributed by atoms with Crippen molar-refractivity contribution in [3.63, 3.8) is 0 Å². The molecule has 1 aromatic carbocycles. The number of halogens is 1. The van der Waals surface area contributed by atoms with E-state index in [4.69, 9.17) is 11.6 Å². The number of amides is 2. The lowest BCUT2D eigenvalue weighted by atomic mass is 10.2. The van der Waals surface area contributed by atoms with Gasteiger partial charge in [-0.3, -0.25) is 14.6 Å². The highest BCUT2D eigenvalue weighted by molar-refractivity contribution is 6.30. The van der Waals surface area contributed by atoms with Gasteiger partial charge in [0.15, 0.2) is 0 Å². The fourth-order valence-corrected chi connectivity index (χ4v) is 1.78. The minimum absolute atomic E-state index is 0.206. The van der Waals surface area contributed by atoms with E-state index in [0.717, 1.165) is 0 Å². The topological polar surface area (TPSA) is 71.1 Å². The molecule has 1 heterocycles. The summed E-state index contributed by atoms with van der Waals surface area (Å²) in [7, 11) is 0. The third kappa shape index (κ3) is 4.57. The molecule has 0 aliphatic carbocycles. The van der Waals surface area contributed by atoms with Gasteiger partial charge in [0.05, 0.1) is 5.56 Å². The second-order valence-electron chi connectivity index (χ2n) is 4.26. The molecular weight excluding hydrogens is 290 g/mol. The highest BCUT2D eigenvalue weighted by atomic mass is 35.5. The van der Waals surface area contributed by atoms with Crippen molar-refractivity contribution >= 4 is 23.4 Å². The molecule has 21 heavy (non-hydrogen) atoms. The molecule has 5 nitrogen and oxygen atoms in total. The molecule has 2 N–H and O–H groups in total. The molecule has 0 aliphatic heterocycles. The van der Waals surface area contributed by atoms with Crippen LogP contribution in [0.25, 0.3) is 0 Å². The maximum Gasteiger partial charge on any atom is 0.252 e. The second kappa shape index (κ2) is 7.40. The number of carbonyl (C=O) groups is 2. The molecule has 6 heteroatoms. The predicted molar refractivity (Wildman–Crippen MR) is 80.4 cm³/mol. The molecular formula is C15H14ClN3O2. The fraction of sp³-hybridized carbons (Fsp3) is 0.133. The summed E-state index contributed by atoms with van der Waals surface area (Å²) < 4.78 is 0. The first-order valence-electron chi connectivity index (χ1n) is 6.39. The number of pyridine rings is 1. The Hall–Kier alpha value is -2.40. The lowest BCUT2D eigenvalue weighted by Gasteiger charge is -2.07. The predicted octanol–water partition coefficient (Wildman–Crippen LogP) is 1.89. The summed E-state index contributed by atoms with van der Waals surface area (Å²) in [4.78, 5) is 27.4. The van der Waals surface area contributed by atoms with Crippen LogP contribution in [0.2, 0.25) is 5.02 Å². The van der Waals surface area contributed by atoms with Gasteiger partial charge in [0.25, 0.3) is 11.8 Å². The molecule has 0 saturated carbocycles. The zero-order chi connectivity index (χ0) is 15.1. The van der Waals surface area contributed by atoms with E-state index in [2.05, 4.69) is 15.6 Å². The van der Waals surface area contributed by atoms with Gasteiger partial charge in [0.2, 0.25) is 0 Å². The summed E-state index contributed by atoms with van der Waals surface area (Å²) in [6, 6.07) is 9.96. The van der Waals surface area contributed by atoms with Gasteiger partial charge >= 0.3 is 0 Å². The van der Waals surface area contributed by atoms with Crippen molar-refractivity contribution in [3.05, 3.63) is 64.9 Å². The number of nitrogens with one attached hydrogen (secondary N) is 2. The number of nitrogens with zero attached hydrogens (tertiary/aromatic N) is 1. The number of carbonyl (C=O) groups excluding carboxylic acids is 2. The Morgan fingerprint density at radius 1 is 0.952 bits per heavy atom. The third-order valence-corrected chi connectivity index (χ3v) is 2.98. The van der Waals surface area contributed by atoms with Crippen LogP contribution in [-0.4, -0.2) is 29.9 Å². The van der Waals surface area contributed by atoms with Crippen LogP contribution in [-0.2, 0) is 0 Å². The first-order chi connectivity index (χ1) is 10.2. The fourth-order valence-electron chi connectivity index (χ4n) is 1.65. The molecule has 0 saturated heterocycles. The highest BCUT2D eigenvalue weighted by Gasteiger charge is 2.06. The molecule has 2 aromatic rings. The summed E-state index contributed by atoms with van der Waals surface area (Å²) in [5.41, 5.74) is 1.01. The summed E-state index contributed by atoms with van der Waals surface area (Å²) in [6.07, 6.45) is 3.09. The number of benzene rings is 1. The van der Waals surface area contributed by atoms with E-state index >= 15 is 0 Å². The Morgan fingerprint density at radius 3 is 2.14 bits per heavy atom. The van der Waals surface area contributed by atoms with Gasteiger partial charge in [0.1, 0.15) is 0 Å². The molecule has 0 bridgehead atoms. The van der Waals surface area contributed by atoms with Crippen molar-refractivity contribution in [2.24, 2.45) is 0 Å². The lowest BCUT2D eigenvalue weighted by Crippen LogP contribution is -2.34. The minimum atomic E-state index is -0.219. The Balaban J connectivity index is 1.73. The van der Waals surface area contributed by atoms with Crippen LogP contribution in [0.15, 0.2) is 48.8 Å². The van der Waals surface area contributed by atoms with E-state index in [9.17, 15) is 9.59 Å². The van der Waals surface area contributed by atoms with Crippen molar-refractivity contribution in [2.75, 3.05) is 13.1 Å². The standard InChI is InChI=1S/C15H14ClN3O2/c16-13-5-3-11(4-6-13)14(20)18-8-9-19-15(21)12-2-1-7-17-10-12/h1-7,10H,8-9H2,(H,18,20)(H,19,21). The molecule has 108 valence electrons. The Morgan fingerprint density at radius 2 is 1.57 bits per heavy atom. The second-order valence-corrected chi connectivity index (χ2v) is 4.70. The van der Waals surface area contributed by atoms with Crippen LogP contribution in [0.3, 0.4) is 0 Å². The monoisotopic (exact) mass is 303 g/mol. The Bertz CT molecular complexity index is 615. The van der Waals surface area contributed by atoms with Crippen molar-refractivity contribution in [3.8, 4) is 0 Å². The zero-order valence-electron chi connectivity index (χ0n) is 11.2. The van der Waals surface area contributed by atoms with E-state index in [1.165, 1.54) is 6.20 Å². The maximum absolute atomic E-state index is 11.8. The molecule has 0 fully saturated rings. The van der Waals surface area contributed by atoms with Gasteiger partial charge in [-0.2, -0.15) is 0 Å². The largest absolute Gasteiger partial charge is 0.350 e. The first-order valence-corrected chi connectivity index (χ1v) is 6.76. The van der Waals surface area contributed by atoms with E-state index < -0.39 is 0 Å². The number of hydrogen-bond acceptors (Lipinski definition) is 3. The highest BCUT2D eigenvalue weighted by Crippen LogP contribution is 2.09. The van der Waals surface area contributed by atoms with Gasteiger partial charge < -0.3 is 10.6 Å². The smallest absolute Gasteiger partial charge is 0.252 e. The molecule has 0 aliphatic rings. The van der Waals surface area contributed by atoms with Crippen LogP contribution >= 0.6 is 11.6 Å². The third-order valence-electron chi connectivity index (χ3n) is 2.73. The van der Waals surface area contributed by atoms with Crippen molar-refractivity contribution in [1.29, 1.82) is 0 Å². The van der Waals surface area contributed by atoms with Crippen LogP contribution in [0.4, 0.5) is 0 Å². The van der Waals surface area contributed by atoms with E-state index in [0.29, 0.717) is 29.2 Å². The average molecular weight is 304 g/mol. The van der Waals surface area contributed by atoms with Crippen molar-refractivity contribution in [1.82, 2.24) is 15.6 Å². The van der Waals surface area contributed by atoms with E-state index in [-0.39, 0.29) is 11.8 Å². The van der Waals surface area contributed by atoms with Gasteiger partial charge in [-0.15, -0.1) is 0 Å². The van der Waals surface area contributed by atoms with E-state index in [1.807, 2.05) is 0 Å². The van der Waals surface area contributed by atoms with Gasteiger partial charge in [-0.05, 0) is 36.4 Å². The lowest BCUT2D eigenvalue weighted by molar-refractivity contribution is 0.0927. The number of aromatic nitrogens is 1. The minimum Gasteiger partial charge on any atom is -0.350 e. The first kappa shape index (κ1) is 15.0. The van der Waals surface area contributed by atoms with Crippen LogP contribution in [0.1, 0.15) is 20.7 Å². The average Bonchev–Trinajstić information content (AvgIpc) is 2.52. The maximum atomic E-state index is 11.8. The van der Waals surface area contributed by atoms with Gasteiger partial charge in [-0.25, -0.2) is 0 Å². The molecule has 1 aromatic heterocycles. The van der Waals surface area contributed by atoms with Crippen LogP contribution in [0, 0.1) is 0 Å². The molecule has 0 unspecified atom stereocenters. The van der Waals surface area contributed by atoms with Gasteiger partial charge in [0, 0.05) is 36.1 Å². The number of hydrogen-bond donors (Lipinski definition) is 2. The molecule has 2 amide bonds. The quantitative estimate of drug-likeness (QED) is 0.829. The number of rotatable bonds is 5. The normalized spacial score (nSPS) is 9.95. The SMILES string of the molecule is O=C(NCCNC(=O)c1cccnc1)c1ccc(Cl)cc1. The van der Waals surface area contributed by atoms with Crippen LogP contribution < -0.4 is 10.6 Å². The molecule has 0 atom stereocenters.